The fourth-order valence-corrected chi connectivity index (χ4v) is 2.28. The van der Waals surface area contributed by atoms with E-state index in [1.165, 1.54) is 23.1 Å². The Hall–Kier alpha value is -2.44. The maximum atomic E-state index is 12.4. The van der Waals surface area contributed by atoms with E-state index in [0.29, 0.717) is 19.4 Å². The predicted molar refractivity (Wildman–Crippen MR) is 91.2 cm³/mol. The number of carbonyl (C=O) groups is 2. The number of nitro benzene ring substituents is 1. The van der Waals surface area contributed by atoms with Crippen LogP contribution in [0.1, 0.15) is 56.8 Å². The van der Waals surface area contributed by atoms with E-state index in [9.17, 15) is 19.7 Å². The summed E-state index contributed by atoms with van der Waals surface area (Å²) in [6, 6.07) is 3.97. The first-order valence-corrected chi connectivity index (χ1v) is 8.22. The molecule has 0 unspecified atom stereocenters. The van der Waals surface area contributed by atoms with Crippen LogP contribution in [0.5, 0.6) is 0 Å². The monoisotopic (exact) mass is 336 g/mol. The summed E-state index contributed by atoms with van der Waals surface area (Å²) in [4.78, 5) is 36.5. The summed E-state index contributed by atoms with van der Waals surface area (Å²) in [7, 11) is 0. The third-order valence-electron chi connectivity index (χ3n) is 3.47. The van der Waals surface area contributed by atoms with Crippen molar-refractivity contribution in [1.82, 2.24) is 0 Å². The molecule has 24 heavy (non-hydrogen) atoms. The lowest BCUT2D eigenvalue weighted by molar-refractivity contribution is -0.384. The lowest BCUT2D eigenvalue weighted by Gasteiger charge is -2.23. The summed E-state index contributed by atoms with van der Waals surface area (Å²) in [5, 5.41) is 11.3. The fourth-order valence-electron chi connectivity index (χ4n) is 2.28. The Labute approximate surface area is 141 Å². The normalized spacial score (nSPS) is 10.3. The molecule has 1 aromatic carbocycles. The van der Waals surface area contributed by atoms with Crippen LogP contribution in [0.4, 0.5) is 11.4 Å². The van der Waals surface area contributed by atoms with Gasteiger partial charge in [-0.25, -0.2) is 4.79 Å². The molecule has 0 saturated carbocycles. The van der Waals surface area contributed by atoms with Crippen molar-refractivity contribution >= 4 is 23.3 Å². The van der Waals surface area contributed by atoms with Crippen molar-refractivity contribution in [3.05, 3.63) is 33.9 Å². The van der Waals surface area contributed by atoms with E-state index in [1.807, 2.05) is 13.8 Å². The average Bonchev–Trinajstić information content (AvgIpc) is 2.55. The third kappa shape index (κ3) is 5.04. The van der Waals surface area contributed by atoms with E-state index in [2.05, 4.69) is 0 Å². The highest BCUT2D eigenvalue weighted by Gasteiger charge is 2.25. The van der Waals surface area contributed by atoms with Gasteiger partial charge in [-0.3, -0.25) is 14.9 Å². The zero-order valence-electron chi connectivity index (χ0n) is 14.4. The van der Waals surface area contributed by atoms with Crippen LogP contribution in [0.15, 0.2) is 18.2 Å². The second-order valence-corrected chi connectivity index (χ2v) is 5.33. The molecule has 0 saturated heterocycles. The SMILES string of the molecule is CCCCN(C(=O)CCC)c1cc(C(=O)OCC)ccc1[N+](=O)[O-]. The Morgan fingerprint density at radius 3 is 2.46 bits per heavy atom. The van der Waals surface area contributed by atoms with Crippen LogP contribution >= 0.6 is 0 Å². The molecule has 0 aromatic heterocycles. The summed E-state index contributed by atoms with van der Waals surface area (Å²) in [6.45, 7) is 6.12. The molecule has 132 valence electrons. The zero-order valence-corrected chi connectivity index (χ0v) is 14.4. The molecule has 0 heterocycles. The van der Waals surface area contributed by atoms with Crippen molar-refractivity contribution in [3.63, 3.8) is 0 Å². The quantitative estimate of drug-likeness (QED) is 0.389. The van der Waals surface area contributed by atoms with Gasteiger partial charge < -0.3 is 9.64 Å². The Morgan fingerprint density at radius 1 is 1.21 bits per heavy atom. The van der Waals surface area contributed by atoms with Gasteiger partial charge in [-0.05, 0) is 31.9 Å². The summed E-state index contributed by atoms with van der Waals surface area (Å²) in [6.07, 6.45) is 2.51. The molecule has 1 aromatic rings. The number of nitrogens with zero attached hydrogens (tertiary/aromatic N) is 2. The molecule has 7 nitrogen and oxygen atoms in total. The summed E-state index contributed by atoms with van der Waals surface area (Å²) >= 11 is 0. The van der Waals surface area contributed by atoms with E-state index in [1.54, 1.807) is 6.92 Å². The lowest BCUT2D eigenvalue weighted by Crippen LogP contribution is -2.32. The van der Waals surface area contributed by atoms with Gasteiger partial charge in [-0.1, -0.05) is 20.3 Å². The first-order chi connectivity index (χ1) is 11.5. The molecule has 0 bridgehead atoms. The topological polar surface area (TPSA) is 89.8 Å². The smallest absolute Gasteiger partial charge is 0.338 e. The van der Waals surface area contributed by atoms with E-state index < -0.39 is 10.9 Å². The number of hydrogen-bond donors (Lipinski definition) is 0. The molecule has 0 aliphatic carbocycles. The van der Waals surface area contributed by atoms with Gasteiger partial charge >= 0.3 is 5.97 Å². The number of ether oxygens (including phenoxy) is 1. The van der Waals surface area contributed by atoms with Crippen molar-refractivity contribution in [1.29, 1.82) is 0 Å². The number of nitro groups is 1. The van der Waals surface area contributed by atoms with E-state index in [-0.39, 0.29) is 29.5 Å². The standard InChI is InChI=1S/C17H24N2O5/c1-4-7-11-18(16(20)8-5-2)15-12-13(17(21)24-6-3)9-10-14(15)19(22)23/h9-10,12H,4-8,11H2,1-3H3. The molecule has 0 radical (unpaired) electrons. The lowest BCUT2D eigenvalue weighted by atomic mass is 10.1. The number of esters is 1. The minimum absolute atomic E-state index is 0.150. The Kier molecular flexibility index (Phi) is 7.88. The van der Waals surface area contributed by atoms with Gasteiger partial charge in [-0.2, -0.15) is 0 Å². The number of amides is 1. The maximum Gasteiger partial charge on any atom is 0.338 e. The Balaban J connectivity index is 3.34. The summed E-state index contributed by atoms with van der Waals surface area (Å²) in [5.41, 5.74) is 0.157. The predicted octanol–water partition coefficient (Wildman–Crippen LogP) is 3.70. The number of carbonyl (C=O) groups excluding carboxylic acids is 2. The molecule has 0 fully saturated rings. The first kappa shape index (κ1) is 19.6. The highest BCUT2D eigenvalue weighted by atomic mass is 16.6. The number of unbranched alkanes of at least 4 members (excludes halogenated alkanes) is 1. The van der Waals surface area contributed by atoms with Crippen LogP contribution in [-0.4, -0.2) is 30.0 Å². The van der Waals surface area contributed by atoms with Gasteiger partial charge in [0.1, 0.15) is 5.69 Å². The second kappa shape index (κ2) is 9.64. The van der Waals surface area contributed by atoms with E-state index in [4.69, 9.17) is 4.74 Å². The average molecular weight is 336 g/mol. The minimum Gasteiger partial charge on any atom is -0.462 e. The van der Waals surface area contributed by atoms with Crippen LogP contribution in [0.25, 0.3) is 0 Å². The molecule has 7 heteroatoms. The van der Waals surface area contributed by atoms with Gasteiger partial charge in [0, 0.05) is 19.0 Å². The molecule has 0 atom stereocenters. The van der Waals surface area contributed by atoms with Crippen LogP contribution in [0.2, 0.25) is 0 Å². The summed E-state index contributed by atoms with van der Waals surface area (Å²) < 4.78 is 4.94. The highest BCUT2D eigenvalue weighted by Crippen LogP contribution is 2.30. The van der Waals surface area contributed by atoms with Gasteiger partial charge in [-0.15, -0.1) is 0 Å². The number of rotatable bonds is 9. The van der Waals surface area contributed by atoms with Crippen LogP contribution in [0, 0.1) is 10.1 Å². The first-order valence-electron chi connectivity index (χ1n) is 8.22. The zero-order chi connectivity index (χ0) is 18.1. The number of benzene rings is 1. The molecule has 0 N–H and O–H groups in total. The van der Waals surface area contributed by atoms with Crippen LogP contribution in [-0.2, 0) is 9.53 Å². The van der Waals surface area contributed by atoms with Crippen LogP contribution < -0.4 is 4.90 Å². The second-order valence-electron chi connectivity index (χ2n) is 5.33. The largest absolute Gasteiger partial charge is 0.462 e. The van der Waals surface area contributed by atoms with Crippen molar-refractivity contribution in [2.24, 2.45) is 0 Å². The molecular formula is C17H24N2O5. The number of hydrogen-bond acceptors (Lipinski definition) is 5. The molecular weight excluding hydrogens is 312 g/mol. The van der Waals surface area contributed by atoms with Crippen molar-refractivity contribution < 1.29 is 19.2 Å². The molecule has 1 rings (SSSR count). The van der Waals surface area contributed by atoms with E-state index in [0.717, 1.165) is 12.8 Å². The number of anilines is 1. The van der Waals surface area contributed by atoms with Gasteiger partial charge in [0.05, 0.1) is 17.1 Å². The van der Waals surface area contributed by atoms with Crippen molar-refractivity contribution in [2.45, 2.75) is 46.5 Å². The Morgan fingerprint density at radius 2 is 1.92 bits per heavy atom. The van der Waals surface area contributed by atoms with Gasteiger partial charge in [0.15, 0.2) is 0 Å². The van der Waals surface area contributed by atoms with Crippen LogP contribution in [0.3, 0.4) is 0 Å². The summed E-state index contributed by atoms with van der Waals surface area (Å²) in [5.74, 6) is -0.748. The van der Waals surface area contributed by atoms with Gasteiger partial charge in [0.25, 0.3) is 5.69 Å². The molecule has 0 spiro atoms. The fraction of sp³-hybridized carbons (Fsp3) is 0.529. The third-order valence-corrected chi connectivity index (χ3v) is 3.47. The van der Waals surface area contributed by atoms with Crippen molar-refractivity contribution in [3.8, 4) is 0 Å². The molecule has 1 amide bonds. The van der Waals surface area contributed by atoms with Gasteiger partial charge in [0.2, 0.25) is 5.91 Å². The van der Waals surface area contributed by atoms with E-state index >= 15 is 0 Å². The maximum absolute atomic E-state index is 12.4. The highest BCUT2D eigenvalue weighted by molar-refractivity contribution is 5.98. The van der Waals surface area contributed by atoms with Crippen molar-refractivity contribution in [2.75, 3.05) is 18.1 Å². The molecule has 0 aliphatic heterocycles. The minimum atomic E-state index is -0.563. The molecule has 0 aliphatic rings. The Bertz CT molecular complexity index is 601.